The average molecular weight is 401 g/mol. The van der Waals surface area contributed by atoms with Crippen molar-refractivity contribution in [1.82, 2.24) is 19.9 Å². The smallest absolute Gasteiger partial charge is 0.130 e. The van der Waals surface area contributed by atoms with Crippen molar-refractivity contribution in [1.29, 1.82) is 0 Å². The van der Waals surface area contributed by atoms with Gasteiger partial charge in [-0.25, -0.2) is 9.97 Å². The van der Waals surface area contributed by atoms with Crippen LogP contribution in [0.5, 0.6) is 11.5 Å². The van der Waals surface area contributed by atoms with Crippen LogP contribution in [0.1, 0.15) is 48.1 Å². The molecule has 0 fully saturated rings. The van der Waals surface area contributed by atoms with E-state index in [1.54, 1.807) is 25.6 Å². The fourth-order valence-corrected chi connectivity index (χ4v) is 3.86. The second-order valence-corrected chi connectivity index (χ2v) is 8.84. The molecule has 6 nitrogen and oxygen atoms in total. The molecule has 2 aromatic heterocycles. The van der Waals surface area contributed by atoms with Gasteiger partial charge >= 0.3 is 0 Å². The van der Waals surface area contributed by atoms with Gasteiger partial charge in [0.25, 0.3) is 0 Å². The summed E-state index contributed by atoms with van der Waals surface area (Å²) in [6.07, 6.45) is 5.73. The third-order valence-electron chi connectivity index (χ3n) is 4.57. The Hall–Kier alpha value is -2.38. The number of aryl methyl sites for hydroxylation is 1. The molecule has 1 aromatic carbocycles. The molecule has 1 atom stereocenters. The van der Waals surface area contributed by atoms with Crippen molar-refractivity contribution in [2.24, 2.45) is 7.05 Å². The summed E-state index contributed by atoms with van der Waals surface area (Å²) in [5, 5.41) is 4.67. The first-order valence-electron chi connectivity index (χ1n) is 9.20. The van der Waals surface area contributed by atoms with Crippen molar-refractivity contribution in [2.75, 3.05) is 14.2 Å². The SMILES string of the molecule is COc1cc(OC)cc(C(NCc2ncc(C(C)(C)C)s2)c2nccn2C)c1. The van der Waals surface area contributed by atoms with Crippen LogP contribution in [-0.2, 0) is 19.0 Å². The molecular weight excluding hydrogens is 372 g/mol. The lowest BCUT2D eigenvalue weighted by atomic mass is 9.96. The van der Waals surface area contributed by atoms with Gasteiger partial charge in [0, 0.05) is 43.1 Å². The highest BCUT2D eigenvalue weighted by Gasteiger charge is 2.22. The van der Waals surface area contributed by atoms with E-state index in [1.165, 1.54) is 4.88 Å². The van der Waals surface area contributed by atoms with Crippen molar-refractivity contribution in [2.45, 2.75) is 38.8 Å². The van der Waals surface area contributed by atoms with Crippen LogP contribution in [0.3, 0.4) is 0 Å². The number of aromatic nitrogens is 3. The van der Waals surface area contributed by atoms with Gasteiger partial charge in [-0.15, -0.1) is 11.3 Å². The Labute approximate surface area is 170 Å². The lowest BCUT2D eigenvalue weighted by molar-refractivity contribution is 0.392. The lowest BCUT2D eigenvalue weighted by Crippen LogP contribution is -2.25. The quantitative estimate of drug-likeness (QED) is 0.648. The summed E-state index contributed by atoms with van der Waals surface area (Å²) in [5.41, 5.74) is 1.13. The minimum Gasteiger partial charge on any atom is -0.497 e. The number of nitrogens with zero attached hydrogens (tertiary/aromatic N) is 3. The minimum absolute atomic E-state index is 0.106. The molecule has 0 bridgehead atoms. The standard InChI is InChI=1S/C21H28N4O2S/c1-21(2,3)17-12-23-18(28-17)13-24-19(20-22-7-8-25(20)4)14-9-15(26-5)11-16(10-14)27-6/h7-12,19,24H,13H2,1-6H3. The zero-order chi connectivity index (χ0) is 20.3. The molecule has 0 aliphatic heterocycles. The molecule has 3 aromatic rings. The predicted octanol–water partition coefficient (Wildman–Crippen LogP) is 4.07. The number of hydrogen-bond donors (Lipinski definition) is 1. The molecule has 28 heavy (non-hydrogen) atoms. The highest BCUT2D eigenvalue weighted by atomic mass is 32.1. The van der Waals surface area contributed by atoms with Gasteiger partial charge in [0.15, 0.2) is 0 Å². The van der Waals surface area contributed by atoms with E-state index in [-0.39, 0.29) is 11.5 Å². The molecule has 150 valence electrons. The Morgan fingerprint density at radius 1 is 1.11 bits per heavy atom. The molecule has 0 aliphatic rings. The van der Waals surface area contributed by atoms with Gasteiger partial charge in [0.2, 0.25) is 0 Å². The number of ether oxygens (including phenoxy) is 2. The third kappa shape index (κ3) is 4.54. The van der Waals surface area contributed by atoms with E-state index in [9.17, 15) is 0 Å². The summed E-state index contributed by atoms with van der Waals surface area (Å²) in [4.78, 5) is 10.4. The summed E-state index contributed by atoms with van der Waals surface area (Å²) in [5.74, 6) is 2.42. The van der Waals surface area contributed by atoms with Crippen molar-refractivity contribution in [3.05, 3.63) is 58.1 Å². The second-order valence-electron chi connectivity index (χ2n) is 7.72. The summed E-state index contributed by atoms with van der Waals surface area (Å²) < 4.78 is 12.9. The molecule has 1 N–H and O–H groups in total. The average Bonchev–Trinajstić information content (AvgIpc) is 3.31. The first-order chi connectivity index (χ1) is 13.3. The van der Waals surface area contributed by atoms with Crippen LogP contribution in [0.4, 0.5) is 0 Å². The van der Waals surface area contributed by atoms with Crippen LogP contribution in [0.15, 0.2) is 36.8 Å². The molecule has 0 spiro atoms. The van der Waals surface area contributed by atoms with Crippen LogP contribution in [0, 0.1) is 0 Å². The van der Waals surface area contributed by atoms with E-state index in [0.29, 0.717) is 6.54 Å². The van der Waals surface area contributed by atoms with Crippen molar-refractivity contribution < 1.29 is 9.47 Å². The maximum Gasteiger partial charge on any atom is 0.130 e. The van der Waals surface area contributed by atoms with Gasteiger partial charge in [-0.1, -0.05) is 20.8 Å². The second kappa shape index (κ2) is 8.32. The van der Waals surface area contributed by atoms with Gasteiger partial charge in [-0.3, -0.25) is 5.32 Å². The third-order valence-corrected chi connectivity index (χ3v) is 6.00. The maximum atomic E-state index is 5.45. The maximum absolute atomic E-state index is 5.45. The largest absolute Gasteiger partial charge is 0.497 e. The summed E-state index contributed by atoms with van der Waals surface area (Å²) in [6.45, 7) is 7.27. The number of benzene rings is 1. The highest BCUT2D eigenvalue weighted by Crippen LogP contribution is 2.31. The monoisotopic (exact) mass is 400 g/mol. The van der Waals surface area contributed by atoms with Gasteiger partial charge in [0.05, 0.1) is 20.3 Å². The summed E-state index contributed by atoms with van der Waals surface area (Å²) in [6, 6.07) is 5.77. The molecule has 2 heterocycles. The number of thiazole rings is 1. The van der Waals surface area contributed by atoms with E-state index in [0.717, 1.165) is 27.9 Å². The van der Waals surface area contributed by atoms with Crippen LogP contribution in [0.25, 0.3) is 0 Å². The number of nitrogens with one attached hydrogen (secondary N) is 1. The minimum atomic E-state index is -0.119. The normalized spacial score (nSPS) is 12.8. The first kappa shape index (κ1) is 20.4. The van der Waals surface area contributed by atoms with Crippen molar-refractivity contribution >= 4 is 11.3 Å². The molecule has 0 radical (unpaired) electrons. The highest BCUT2D eigenvalue weighted by molar-refractivity contribution is 7.11. The van der Waals surface area contributed by atoms with Crippen molar-refractivity contribution in [3.8, 4) is 11.5 Å². The molecule has 1 unspecified atom stereocenters. The molecule has 7 heteroatoms. The number of rotatable bonds is 7. The molecular formula is C21H28N4O2S. The van der Waals surface area contributed by atoms with Crippen LogP contribution < -0.4 is 14.8 Å². The Balaban J connectivity index is 1.91. The van der Waals surface area contributed by atoms with Crippen LogP contribution in [0.2, 0.25) is 0 Å². The fraction of sp³-hybridized carbons (Fsp3) is 0.429. The predicted molar refractivity (Wildman–Crippen MR) is 112 cm³/mol. The van der Waals surface area contributed by atoms with Gasteiger partial charge in [0.1, 0.15) is 22.3 Å². The lowest BCUT2D eigenvalue weighted by Gasteiger charge is -2.20. The Morgan fingerprint density at radius 3 is 2.29 bits per heavy atom. The molecule has 0 aliphatic carbocycles. The Morgan fingerprint density at radius 2 is 1.79 bits per heavy atom. The van der Waals surface area contributed by atoms with Gasteiger partial charge < -0.3 is 14.0 Å². The van der Waals surface area contributed by atoms with E-state index >= 15 is 0 Å². The van der Waals surface area contributed by atoms with Crippen LogP contribution >= 0.6 is 11.3 Å². The van der Waals surface area contributed by atoms with E-state index in [4.69, 9.17) is 9.47 Å². The Kier molecular flexibility index (Phi) is 6.05. The first-order valence-corrected chi connectivity index (χ1v) is 10.0. The molecule has 0 saturated heterocycles. The van der Waals surface area contributed by atoms with Gasteiger partial charge in [-0.2, -0.15) is 0 Å². The van der Waals surface area contributed by atoms with E-state index in [2.05, 4.69) is 36.1 Å². The number of methoxy groups -OCH3 is 2. The zero-order valence-corrected chi connectivity index (χ0v) is 18.1. The number of hydrogen-bond acceptors (Lipinski definition) is 6. The molecule has 0 amide bonds. The molecule has 3 rings (SSSR count). The Bertz CT molecular complexity index is 904. The topological polar surface area (TPSA) is 61.2 Å². The summed E-state index contributed by atoms with van der Waals surface area (Å²) >= 11 is 1.74. The van der Waals surface area contributed by atoms with Crippen molar-refractivity contribution in [3.63, 3.8) is 0 Å². The molecule has 0 saturated carbocycles. The summed E-state index contributed by atoms with van der Waals surface area (Å²) in [7, 11) is 5.31. The zero-order valence-electron chi connectivity index (χ0n) is 17.3. The van der Waals surface area contributed by atoms with Crippen LogP contribution in [-0.4, -0.2) is 28.8 Å². The van der Waals surface area contributed by atoms with E-state index < -0.39 is 0 Å². The van der Waals surface area contributed by atoms with E-state index in [1.807, 2.05) is 48.4 Å². The number of imidazole rings is 1. The van der Waals surface area contributed by atoms with Gasteiger partial charge in [-0.05, 0) is 23.1 Å². The fourth-order valence-electron chi connectivity index (χ4n) is 2.94.